The fourth-order valence-corrected chi connectivity index (χ4v) is 2.67. The van der Waals surface area contributed by atoms with Crippen LogP contribution >= 0.6 is 0 Å². The van der Waals surface area contributed by atoms with Gasteiger partial charge in [-0.1, -0.05) is 30.3 Å². The highest BCUT2D eigenvalue weighted by Gasteiger charge is 2.10. The van der Waals surface area contributed by atoms with Crippen LogP contribution in [-0.4, -0.2) is 26.3 Å². The molecule has 1 N–H and O–H groups in total. The number of nitrogens with zero attached hydrogens (tertiary/aromatic N) is 1. The molecule has 0 aliphatic carbocycles. The Morgan fingerprint density at radius 2 is 1.80 bits per heavy atom. The van der Waals surface area contributed by atoms with Crippen LogP contribution in [0.4, 0.5) is 4.39 Å². The topological polar surface area (TPSA) is 69.2 Å². The van der Waals surface area contributed by atoms with Crippen LogP contribution in [-0.2, 0) is 6.61 Å². The maximum absolute atomic E-state index is 13.7. The molecule has 0 aliphatic rings. The van der Waals surface area contributed by atoms with Gasteiger partial charge in [-0.2, -0.15) is 5.10 Å². The molecule has 3 rings (SSSR count). The van der Waals surface area contributed by atoms with Gasteiger partial charge >= 0.3 is 0 Å². The van der Waals surface area contributed by atoms with Crippen LogP contribution in [0.25, 0.3) is 0 Å². The number of halogens is 1. The first-order chi connectivity index (χ1) is 14.6. The van der Waals surface area contributed by atoms with Crippen LogP contribution in [0.2, 0.25) is 0 Å². The van der Waals surface area contributed by atoms with Crippen LogP contribution in [0, 0.1) is 5.82 Å². The highest BCUT2D eigenvalue weighted by Crippen LogP contribution is 2.27. The van der Waals surface area contributed by atoms with Gasteiger partial charge in [-0.3, -0.25) is 4.79 Å². The smallest absolute Gasteiger partial charge is 0.271 e. The van der Waals surface area contributed by atoms with Crippen molar-refractivity contribution < 1.29 is 23.4 Å². The molecule has 0 fully saturated rings. The number of amides is 1. The summed E-state index contributed by atoms with van der Waals surface area (Å²) < 4.78 is 29.7. The average molecular weight is 408 g/mol. The van der Waals surface area contributed by atoms with Crippen molar-refractivity contribution in [1.29, 1.82) is 0 Å². The normalized spacial score (nSPS) is 10.6. The minimum Gasteiger partial charge on any atom is -0.493 e. The maximum Gasteiger partial charge on any atom is 0.271 e. The van der Waals surface area contributed by atoms with Gasteiger partial charge in [-0.15, -0.1) is 0 Å². The summed E-state index contributed by atoms with van der Waals surface area (Å²) in [5.41, 5.74) is 4.03. The third-order valence-electron chi connectivity index (χ3n) is 4.24. The second-order valence-electron chi connectivity index (χ2n) is 6.22. The second-order valence-corrected chi connectivity index (χ2v) is 6.22. The molecular formula is C23H21FN2O4. The number of hydrogen-bond acceptors (Lipinski definition) is 5. The zero-order valence-corrected chi connectivity index (χ0v) is 16.6. The summed E-state index contributed by atoms with van der Waals surface area (Å²) in [7, 11) is 3.02. The Balaban J connectivity index is 1.60. The van der Waals surface area contributed by atoms with E-state index in [1.54, 1.807) is 54.6 Å². The number of carbonyl (C=O) groups excluding carboxylic acids is 1. The number of methoxy groups -OCH3 is 2. The fraction of sp³-hybridized carbons (Fsp3) is 0.130. The number of rotatable bonds is 8. The Bertz CT molecular complexity index is 1050. The van der Waals surface area contributed by atoms with E-state index >= 15 is 0 Å². The van der Waals surface area contributed by atoms with E-state index in [0.29, 0.717) is 33.9 Å². The lowest BCUT2D eigenvalue weighted by Crippen LogP contribution is -2.17. The summed E-state index contributed by atoms with van der Waals surface area (Å²) in [6, 6.07) is 18.4. The lowest BCUT2D eigenvalue weighted by molar-refractivity contribution is 0.0954. The van der Waals surface area contributed by atoms with Crippen LogP contribution in [0.3, 0.4) is 0 Å². The quantitative estimate of drug-likeness (QED) is 0.448. The van der Waals surface area contributed by atoms with Crippen LogP contribution in [0.1, 0.15) is 21.5 Å². The molecular weight excluding hydrogens is 387 g/mol. The largest absolute Gasteiger partial charge is 0.493 e. The molecule has 3 aromatic carbocycles. The van der Waals surface area contributed by atoms with Gasteiger partial charge in [0.1, 0.15) is 18.2 Å². The molecule has 30 heavy (non-hydrogen) atoms. The standard InChI is InChI=1S/C23H21FN2O4/c1-28-21-11-10-17(13-22(21)29-2)23(27)26-25-14-16-6-5-8-19(12-16)30-15-18-7-3-4-9-20(18)24/h3-14H,15H2,1-2H3,(H,26,27)/b25-14+. The first kappa shape index (κ1) is 20.9. The molecule has 7 heteroatoms. The minimum atomic E-state index is -0.390. The predicted molar refractivity (Wildman–Crippen MR) is 112 cm³/mol. The van der Waals surface area contributed by atoms with E-state index in [2.05, 4.69) is 10.5 Å². The SMILES string of the molecule is COc1ccc(C(=O)N/N=C/c2cccc(OCc3ccccc3F)c2)cc1OC. The average Bonchev–Trinajstić information content (AvgIpc) is 2.78. The van der Waals surface area contributed by atoms with Gasteiger partial charge in [0.15, 0.2) is 11.5 Å². The first-order valence-electron chi connectivity index (χ1n) is 9.12. The zero-order valence-electron chi connectivity index (χ0n) is 16.6. The Kier molecular flexibility index (Phi) is 7.00. The molecule has 0 aromatic heterocycles. The van der Waals surface area contributed by atoms with Crippen molar-refractivity contribution in [3.8, 4) is 17.2 Å². The molecule has 6 nitrogen and oxygen atoms in total. The van der Waals surface area contributed by atoms with Crippen LogP contribution in [0.15, 0.2) is 71.8 Å². The van der Waals surface area contributed by atoms with Crippen molar-refractivity contribution in [3.05, 3.63) is 89.2 Å². The van der Waals surface area contributed by atoms with E-state index < -0.39 is 0 Å². The summed E-state index contributed by atoms with van der Waals surface area (Å²) >= 11 is 0. The van der Waals surface area contributed by atoms with Gasteiger partial charge in [0.25, 0.3) is 5.91 Å². The molecule has 1 amide bonds. The van der Waals surface area contributed by atoms with E-state index in [-0.39, 0.29) is 18.3 Å². The second kappa shape index (κ2) is 10.1. The van der Waals surface area contributed by atoms with Gasteiger partial charge in [-0.05, 0) is 42.0 Å². The molecule has 0 unspecified atom stereocenters. The van der Waals surface area contributed by atoms with Crippen molar-refractivity contribution >= 4 is 12.1 Å². The Morgan fingerprint density at radius 3 is 2.57 bits per heavy atom. The van der Waals surface area contributed by atoms with Crippen molar-refractivity contribution in [2.45, 2.75) is 6.61 Å². The van der Waals surface area contributed by atoms with Gasteiger partial charge in [0.2, 0.25) is 0 Å². The molecule has 0 spiro atoms. The molecule has 154 valence electrons. The zero-order chi connectivity index (χ0) is 21.3. The van der Waals surface area contributed by atoms with Gasteiger partial charge in [0.05, 0.1) is 20.4 Å². The van der Waals surface area contributed by atoms with E-state index in [4.69, 9.17) is 14.2 Å². The van der Waals surface area contributed by atoms with Crippen LogP contribution < -0.4 is 19.6 Å². The highest BCUT2D eigenvalue weighted by molar-refractivity contribution is 5.95. The molecule has 0 saturated carbocycles. The molecule has 0 saturated heterocycles. The number of benzene rings is 3. The number of carbonyl (C=O) groups is 1. The van der Waals surface area contributed by atoms with Crippen molar-refractivity contribution in [2.24, 2.45) is 5.10 Å². The van der Waals surface area contributed by atoms with Gasteiger partial charge in [0, 0.05) is 11.1 Å². The molecule has 0 heterocycles. The lowest BCUT2D eigenvalue weighted by Gasteiger charge is -2.08. The third kappa shape index (κ3) is 5.35. The number of hydrazone groups is 1. The molecule has 0 radical (unpaired) electrons. The maximum atomic E-state index is 13.7. The lowest BCUT2D eigenvalue weighted by atomic mass is 10.2. The van der Waals surface area contributed by atoms with E-state index in [1.165, 1.54) is 26.5 Å². The summed E-state index contributed by atoms with van der Waals surface area (Å²) in [6.45, 7) is 0.114. The predicted octanol–water partition coefficient (Wildman–Crippen LogP) is 4.19. The summed E-state index contributed by atoms with van der Waals surface area (Å²) in [4.78, 5) is 12.3. The molecule has 0 bridgehead atoms. The van der Waals surface area contributed by atoms with Crippen molar-refractivity contribution in [2.75, 3.05) is 14.2 Å². The van der Waals surface area contributed by atoms with Crippen molar-refractivity contribution in [3.63, 3.8) is 0 Å². The van der Waals surface area contributed by atoms with E-state index in [1.807, 2.05) is 6.07 Å². The Hall–Kier alpha value is -3.87. The van der Waals surface area contributed by atoms with Gasteiger partial charge < -0.3 is 14.2 Å². The molecule has 3 aromatic rings. The molecule has 0 atom stereocenters. The first-order valence-corrected chi connectivity index (χ1v) is 9.12. The summed E-state index contributed by atoms with van der Waals surface area (Å²) in [6.07, 6.45) is 1.49. The van der Waals surface area contributed by atoms with Crippen LogP contribution in [0.5, 0.6) is 17.2 Å². The minimum absolute atomic E-state index is 0.114. The summed E-state index contributed by atoms with van der Waals surface area (Å²) in [5.74, 6) is 0.847. The number of ether oxygens (including phenoxy) is 3. The Labute approximate surface area is 173 Å². The van der Waals surface area contributed by atoms with Crippen molar-refractivity contribution in [1.82, 2.24) is 5.43 Å². The Morgan fingerprint density at radius 1 is 1.00 bits per heavy atom. The third-order valence-corrected chi connectivity index (χ3v) is 4.24. The fourth-order valence-electron chi connectivity index (χ4n) is 2.67. The summed E-state index contributed by atoms with van der Waals surface area (Å²) in [5, 5.41) is 3.98. The number of hydrogen-bond donors (Lipinski definition) is 1. The van der Waals surface area contributed by atoms with E-state index in [9.17, 15) is 9.18 Å². The van der Waals surface area contributed by atoms with E-state index in [0.717, 1.165) is 0 Å². The molecule has 0 aliphatic heterocycles. The highest BCUT2D eigenvalue weighted by atomic mass is 19.1. The monoisotopic (exact) mass is 408 g/mol. The number of nitrogens with one attached hydrogen (secondary N) is 1. The van der Waals surface area contributed by atoms with Gasteiger partial charge in [-0.25, -0.2) is 9.82 Å².